The number of pyridine rings is 1. The fraction of sp³-hybridized carbons (Fsp3) is 0.568. The van der Waals surface area contributed by atoms with Crippen LogP contribution >= 0.6 is 0 Å². The Kier molecular flexibility index (Phi) is 8.85. The van der Waals surface area contributed by atoms with Gasteiger partial charge in [-0.3, -0.25) is 14.2 Å². The predicted molar refractivity (Wildman–Crippen MR) is 197 cm³/mol. The van der Waals surface area contributed by atoms with E-state index >= 15 is 0 Å². The van der Waals surface area contributed by atoms with Gasteiger partial charge in [-0.15, -0.1) is 0 Å². The van der Waals surface area contributed by atoms with E-state index in [1.54, 1.807) is 34.7 Å². The highest BCUT2D eigenvalue weighted by Crippen LogP contribution is 2.71. The van der Waals surface area contributed by atoms with Crippen molar-refractivity contribution in [2.45, 2.75) is 104 Å². The number of nitrogens with one attached hydrogen (secondary N) is 1. The molecule has 0 radical (unpaired) electrons. The van der Waals surface area contributed by atoms with Gasteiger partial charge in [0.1, 0.15) is 11.1 Å². The Bertz CT molecular complexity index is 1980. The Morgan fingerprint density at radius 2 is 1.67 bits per heavy atom. The maximum absolute atomic E-state index is 14.9. The SMILES string of the molecule is Cc1cn2cc(NC(=O)c3ccc(N4CCN(C(=O)OC(C)(C)C)CC4)c4cn(CC56CC(O[Si](C)(C)C(C)(C)C)(C5)C6)nc34)cc(F)c2n1.F. The number of aromatic nitrogens is 4. The first-order valence-electron chi connectivity index (χ1n) is 17.6. The number of aryl methyl sites for hydroxylation is 1. The van der Waals surface area contributed by atoms with Gasteiger partial charge in [0.15, 0.2) is 19.8 Å². The van der Waals surface area contributed by atoms with Crippen molar-refractivity contribution in [2.24, 2.45) is 5.41 Å². The molecule has 4 aromatic rings. The van der Waals surface area contributed by atoms with E-state index in [9.17, 15) is 14.0 Å². The summed E-state index contributed by atoms with van der Waals surface area (Å²) in [7, 11) is -1.88. The number of carbonyl (C=O) groups excluding carboxylic acids is 2. The van der Waals surface area contributed by atoms with Crippen LogP contribution in [0.4, 0.5) is 25.3 Å². The summed E-state index contributed by atoms with van der Waals surface area (Å²) in [5, 5.41) is 8.96. The van der Waals surface area contributed by atoms with Crippen LogP contribution in [-0.2, 0) is 15.7 Å². The molecule has 0 unspecified atom stereocenters. The topological polar surface area (TPSA) is 106 Å². The van der Waals surface area contributed by atoms with Crippen LogP contribution < -0.4 is 10.2 Å². The van der Waals surface area contributed by atoms with E-state index in [0.717, 1.165) is 36.9 Å². The van der Waals surface area contributed by atoms with E-state index in [4.69, 9.17) is 14.3 Å². The zero-order chi connectivity index (χ0) is 36.0. The van der Waals surface area contributed by atoms with Crippen molar-refractivity contribution in [2.75, 3.05) is 36.4 Å². The fourth-order valence-corrected chi connectivity index (χ4v) is 9.40. The lowest BCUT2D eigenvalue weighted by Crippen LogP contribution is -2.72. The molecule has 0 atom stereocenters. The van der Waals surface area contributed by atoms with Crippen LogP contribution in [-0.4, -0.2) is 81.8 Å². The van der Waals surface area contributed by atoms with Gasteiger partial charge in [-0.05, 0) is 82.6 Å². The molecule has 14 heteroatoms. The number of piperazine rings is 1. The number of rotatable bonds is 7. The molecule has 276 valence electrons. The molecule has 4 aliphatic rings. The Balaban J connectivity index is 0.00000448. The van der Waals surface area contributed by atoms with Gasteiger partial charge in [0, 0.05) is 68.5 Å². The molecule has 1 aromatic carbocycles. The standard InChI is InChI=1S/C37H50FN7O4Si.FH/c1-24-17-44-18-25(16-28(38)31(44)39-24)40-32(46)26-10-11-29(42-12-14-43(15-13-42)33(47)48-34(2,3)4)27-19-45(41-30(26)27)23-36-20-37(21-36,22-36)49-50(8,9)35(5,6)7;/h10-11,16-19H,12-15,20-23H2,1-9H3,(H,40,46);1H. The fourth-order valence-electron chi connectivity index (χ4n) is 7.79. The average Bonchev–Trinajstić information content (AvgIpc) is 3.56. The van der Waals surface area contributed by atoms with E-state index in [1.165, 1.54) is 6.07 Å². The number of imidazole rings is 1. The van der Waals surface area contributed by atoms with Gasteiger partial charge in [-0.2, -0.15) is 5.10 Å². The number of anilines is 2. The van der Waals surface area contributed by atoms with Crippen LogP contribution in [0.15, 0.2) is 36.8 Å². The van der Waals surface area contributed by atoms with Crippen molar-refractivity contribution >= 4 is 48.2 Å². The monoisotopic (exact) mass is 723 g/mol. The molecule has 3 aliphatic carbocycles. The lowest BCUT2D eigenvalue weighted by atomic mass is 9.41. The lowest BCUT2D eigenvalue weighted by Gasteiger charge is -2.72. The van der Waals surface area contributed by atoms with E-state index < -0.39 is 19.7 Å². The summed E-state index contributed by atoms with van der Waals surface area (Å²) < 4.78 is 30.9. The number of nitrogens with zero attached hydrogens (tertiary/aromatic N) is 6. The summed E-state index contributed by atoms with van der Waals surface area (Å²) >= 11 is 0. The second-order valence-corrected chi connectivity index (χ2v) is 22.1. The van der Waals surface area contributed by atoms with Gasteiger partial charge in [-0.25, -0.2) is 14.2 Å². The van der Waals surface area contributed by atoms with E-state index in [2.05, 4.69) is 55.3 Å². The summed E-state index contributed by atoms with van der Waals surface area (Å²) in [6.07, 6.45) is 8.21. The summed E-state index contributed by atoms with van der Waals surface area (Å²) in [4.78, 5) is 34.8. The van der Waals surface area contributed by atoms with Crippen LogP contribution in [0.2, 0.25) is 18.1 Å². The molecule has 0 spiro atoms. The second kappa shape index (κ2) is 12.3. The van der Waals surface area contributed by atoms with Crippen molar-refractivity contribution in [1.29, 1.82) is 0 Å². The highest BCUT2D eigenvalue weighted by Gasteiger charge is 2.70. The molecule has 1 saturated heterocycles. The third-order valence-corrected chi connectivity index (χ3v) is 15.5. The van der Waals surface area contributed by atoms with E-state index in [1.807, 2.05) is 31.5 Å². The molecular formula is C37H51F2N7O4Si. The summed E-state index contributed by atoms with van der Waals surface area (Å²) in [6.45, 7) is 21.9. The molecule has 4 fully saturated rings. The van der Waals surface area contributed by atoms with Crippen molar-refractivity contribution in [3.8, 4) is 0 Å². The number of carbonyl (C=O) groups is 2. The molecule has 3 aromatic heterocycles. The average molecular weight is 724 g/mol. The Morgan fingerprint density at radius 3 is 2.29 bits per heavy atom. The van der Waals surface area contributed by atoms with Crippen molar-refractivity contribution < 1.29 is 27.8 Å². The molecule has 1 N–H and O–H groups in total. The molecular weight excluding hydrogens is 673 g/mol. The molecule has 2 amide bonds. The first-order valence-corrected chi connectivity index (χ1v) is 20.5. The maximum Gasteiger partial charge on any atom is 0.410 e. The second-order valence-electron chi connectivity index (χ2n) is 17.4. The summed E-state index contributed by atoms with van der Waals surface area (Å²) in [5.41, 5.74) is 2.76. The Labute approximate surface area is 299 Å². The van der Waals surface area contributed by atoms with Crippen molar-refractivity contribution in [3.63, 3.8) is 0 Å². The van der Waals surface area contributed by atoms with Gasteiger partial charge in [0.05, 0.1) is 22.5 Å². The maximum atomic E-state index is 14.9. The number of hydrogen-bond acceptors (Lipinski definition) is 7. The quantitative estimate of drug-likeness (QED) is 0.197. The minimum absolute atomic E-state index is 0. The number of amides is 2. The normalized spacial score (nSPS) is 22.0. The third kappa shape index (κ3) is 6.84. The van der Waals surface area contributed by atoms with Gasteiger partial charge in [-0.1, -0.05) is 20.8 Å². The van der Waals surface area contributed by atoms with Crippen LogP contribution in [0.5, 0.6) is 0 Å². The van der Waals surface area contributed by atoms with Gasteiger partial charge >= 0.3 is 6.09 Å². The highest BCUT2D eigenvalue weighted by molar-refractivity contribution is 6.74. The number of ether oxygens (including phenoxy) is 1. The minimum atomic E-state index is -1.88. The van der Waals surface area contributed by atoms with Crippen molar-refractivity contribution in [3.05, 3.63) is 53.9 Å². The van der Waals surface area contributed by atoms with E-state index in [-0.39, 0.29) is 38.4 Å². The van der Waals surface area contributed by atoms with Crippen LogP contribution in [0.25, 0.3) is 16.6 Å². The zero-order valence-electron chi connectivity index (χ0n) is 31.2. The summed E-state index contributed by atoms with van der Waals surface area (Å²) in [6, 6.07) is 5.04. The molecule has 51 heavy (non-hydrogen) atoms. The first kappa shape index (κ1) is 36.7. The molecule has 4 heterocycles. The lowest BCUT2D eigenvalue weighted by molar-refractivity contribution is -0.256. The van der Waals surface area contributed by atoms with Gasteiger partial charge in [0.2, 0.25) is 0 Å². The Morgan fingerprint density at radius 1 is 1.00 bits per heavy atom. The molecule has 11 nitrogen and oxygen atoms in total. The van der Waals surface area contributed by atoms with Crippen LogP contribution in [0.1, 0.15) is 76.9 Å². The predicted octanol–water partition coefficient (Wildman–Crippen LogP) is 7.54. The van der Waals surface area contributed by atoms with Crippen LogP contribution in [0, 0.1) is 18.2 Å². The molecule has 3 saturated carbocycles. The highest BCUT2D eigenvalue weighted by atomic mass is 28.4. The smallest absolute Gasteiger partial charge is 0.410 e. The number of benzene rings is 1. The molecule has 1 aliphatic heterocycles. The zero-order valence-corrected chi connectivity index (χ0v) is 32.2. The molecule has 2 bridgehead atoms. The first-order chi connectivity index (χ1) is 23.2. The van der Waals surface area contributed by atoms with Crippen LogP contribution in [0.3, 0.4) is 0 Å². The minimum Gasteiger partial charge on any atom is -0.444 e. The number of fused-ring (bicyclic) bond motifs is 2. The largest absolute Gasteiger partial charge is 0.444 e. The van der Waals surface area contributed by atoms with E-state index in [0.29, 0.717) is 48.6 Å². The number of hydrogen-bond donors (Lipinski definition) is 1. The number of halogens is 2. The van der Waals surface area contributed by atoms with Crippen molar-refractivity contribution in [1.82, 2.24) is 24.1 Å². The third-order valence-electron chi connectivity index (χ3n) is 11.0. The van der Waals surface area contributed by atoms with Gasteiger partial charge in [0.25, 0.3) is 5.91 Å². The summed E-state index contributed by atoms with van der Waals surface area (Å²) in [5.74, 6) is -0.885. The molecule has 8 rings (SSSR count). The Hall–Kier alpha value is -4.04. The van der Waals surface area contributed by atoms with Gasteiger partial charge < -0.3 is 28.7 Å².